The van der Waals surface area contributed by atoms with Crippen LogP contribution in [0.3, 0.4) is 0 Å². The van der Waals surface area contributed by atoms with Crippen LogP contribution < -0.4 is 16.2 Å². The minimum Gasteiger partial charge on any atom is -0.494 e. The third-order valence-electron chi connectivity index (χ3n) is 3.14. The quantitative estimate of drug-likeness (QED) is 0.621. The molecule has 24 heavy (non-hydrogen) atoms. The largest absolute Gasteiger partial charge is 0.494 e. The summed E-state index contributed by atoms with van der Waals surface area (Å²) in [5.41, 5.74) is 12.9. The Kier molecular flexibility index (Phi) is 5.73. The number of anilines is 2. The molecule has 7 heteroatoms. The van der Waals surface area contributed by atoms with E-state index in [9.17, 15) is 4.39 Å². The highest BCUT2D eigenvalue weighted by Gasteiger charge is 2.16. The molecule has 0 saturated heterocycles. The van der Waals surface area contributed by atoms with Gasteiger partial charge in [-0.25, -0.2) is 4.39 Å². The summed E-state index contributed by atoms with van der Waals surface area (Å²) >= 11 is 0. The Morgan fingerprint density at radius 1 is 1.33 bits per heavy atom. The van der Waals surface area contributed by atoms with Crippen LogP contribution in [-0.2, 0) is 6.42 Å². The van der Waals surface area contributed by atoms with Gasteiger partial charge < -0.3 is 20.6 Å². The summed E-state index contributed by atoms with van der Waals surface area (Å²) in [5, 5.41) is 7.93. The topological polar surface area (TPSA) is 100 Å². The molecule has 0 unspecified atom stereocenters. The molecule has 0 aliphatic carbocycles. The molecule has 0 fully saturated rings. The van der Waals surface area contributed by atoms with Gasteiger partial charge >= 0.3 is 0 Å². The normalized spacial score (nSPS) is 12.4. The van der Waals surface area contributed by atoms with E-state index in [-0.39, 0.29) is 11.7 Å². The fraction of sp³-hybridized carbons (Fsp3) is 0.176. The van der Waals surface area contributed by atoms with E-state index in [1.807, 2.05) is 0 Å². The summed E-state index contributed by atoms with van der Waals surface area (Å²) in [6, 6.07) is 3.35. The highest BCUT2D eigenvalue weighted by atomic mass is 19.1. The SMILES string of the molecule is C\C=C/C(F)=C\C=C\Cc1nnc(-c2ccc(N)c(N)c2OC)o1. The number of hydrogen-bond acceptors (Lipinski definition) is 6. The lowest BCUT2D eigenvalue weighted by atomic mass is 10.1. The number of nitrogens with zero attached hydrogens (tertiary/aromatic N) is 2. The van der Waals surface area contributed by atoms with Crippen molar-refractivity contribution in [3.8, 4) is 17.2 Å². The van der Waals surface area contributed by atoms with Gasteiger partial charge in [0.1, 0.15) is 5.83 Å². The molecule has 1 aromatic heterocycles. The van der Waals surface area contributed by atoms with Crippen LogP contribution in [0.25, 0.3) is 11.5 Å². The maximum absolute atomic E-state index is 13.1. The van der Waals surface area contributed by atoms with Crippen LogP contribution in [0, 0.1) is 0 Å². The van der Waals surface area contributed by atoms with Crippen LogP contribution in [-0.4, -0.2) is 17.3 Å². The van der Waals surface area contributed by atoms with Crippen molar-refractivity contribution in [3.63, 3.8) is 0 Å². The van der Waals surface area contributed by atoms with E-state index < -0.39 is 0 Å². The maximum atomic E-state index is 13.1. The van der Waals surface area contributed by atoms with Crippen LogP contribution in [0.5, 0.6) is 5.75 Å². The predicted octanol–water partition coefficient (Wildman–Crippen LogP) is 3.44. The van der Waals surface area contributed by atoms with Crippen molar-refractivity contribution in [2.24, 2.45) is 0 Å². The van der Waals surface area contributed by atoms with Crippen molar-refractivity contribution < 1.29 is 13.5 Å². The molecule has 126 valence electrons. The Morgan fingerprint density at radius 2 is 2.12 bits per heavy atom. The van der Waals surface area contributed by atoms with Crippen LogP contribution >= 0.6 is 0 Å². The average molecular weight is 330 g/mol. The number of ether oxygens (including phenoxy) is 1. The third kappa shape index (κ3) is 4.01. The van der Waals surface area contributed by atoms with Crippen LogP contribution in [0.2, 0.25) is 0 Å². The molecular weight excluding hydrogens is 311 g/mol. The average Bonchev–Trinajstić information content (AvgIpc) is 3.03. The van der Waals surface area contributed by atoms with E-state index in [1.54, 1.807) is 37.3 Å². The number of halogens is 1. The predicted molar refractivity (Wildman–Crippen MR) is 92.0 cm³/mol. The number of nitrogens with two attached hydrogens (primary N) is 2. The molecule has 2 rings (SSSR count). The zero-order valence-corrected chi connectivity index (χ0v) is 13.5. The van der Waals surface area contributed by atoms with Crippen molar-refractivity contribution in [1.82, 2.24) is 10.2 Å². The van der Waals surface area contributed by atoms with E-state index in [1.165, 1.54) is 19.3 Å². The molecule has 2 aromatic rings. The van der Waals surface area contributed by atoms with Crippen LogP contribution in [0.4, 0.5) is 15.8 Å². The molecule has 0 radical (unpaired) electrons. The lowest BCUT2D eigenvalue weighted by Gasteiger charge is -2.10. The van der Waals surface area contributed by atoms with Crippen molar-refractivity contribution in [2.75, 3.05) is 18.6 Å². The molecular formula is C17H19FN4O2. The van der Waals surface area contributed by atoms with Gasteiger partial charge in [-0.15, -0.1) is 10.2 Å². The first kappa shape index (κ1) is 17.3. The van der Waals surface area contributed by atoms with Crippen molar-refractivity contribution >= 4 is 11.4 Å². The summed E-state index contributed by atoms with van der Waals surface area (Å²) in [7, 11) is 1.49. The van der Waals surface area contributed by atoms with Gasteiger partial charge in [0, 0.05) is 6.42 Å². The Labute approximate surface area is 139 Å². The summed E-state index contributed by atoms with van der Waals surface area (Å²) < 4.78 is 24.0. The third-order valence-corrected chi connectivity index (χ3v) is 3.14. The van der Waals surface area contributed by atoms with Gasteiger partial charge in [-0.05, 0) is 31.2 Å². The fourth-order valence-corrected chi connectivity index (χ4v) is 1.99. The summed E-state index contributed by atoms with van der Waals surface area (Å²) in [6.45, 7) is 1.75. The van der Waals surface area contributed by atoms with Gasteiger partial charge in [0.05, 0.1) is 24.0 Å². The molecule has 0 spiro atoms. The molecule has 0 bridgehead atoms. The Hall–Kier alpha value is -3.09. The fourth-order valence-electron chi connectivity index (χ4n) is 1.99. The molecule has 0 amide bonds. The number of hydrogen-bond donors (Lipinski definition) is 2. The van der Waals surface area contributed by atoms with Gasteiger partial charge in [0.2, 0.25) is 5.89 Å². The van der Waals surface area contributed by atoms with Gasteiger partial charge in [0.15, 0.2) is 5.75 Å². The first-order chi connectivity index (χ1) is 11.6. The lowest BCUT2D eigenvalue weighted by Crippen LogP contribution is -2.00. The van der Waals surface area contributed by atoms with Gasteiger partial charge in [-0.1, -0.05) is 18.2 Å². The van der Waals surface area contributed by atoms with E-state index in [0.29, 0.717) is 35.0 Å². The number of allylic oxidation sites excluding steroid dienone is 6. The minimum atomic E-state index is -0.331. The zero-order chi connectivity index (χ0) is 17.5. The molecule has 0 aliphatic rings. The standard InChI is InChI=1S/C17H19FN4O2/c1-3-6-11(18)7-4-5-8-14-21-22-17(24-14)12-9-10-13(19)15(20)16(12)23-2/h3-7,9-10H,8,19-20H2,1-2H3/b5-4+,6-3-,11-7+. The number of benzene rings is 1. The number of methoxy groups -OCH3 is 1. The highest BCUT2D eigenvalue weighted by Crippen LogP contribution is 2.37. The molecule has 0 saturated carbocycles. The Morgan fingerprint density at radius 3 is 2.83 bits per heavy atom. The maximum Gasteiger partial charge on any atom is 0.251 e. The zero-order valence-electron chi connectivity index (χ0n) is 13.5. The minimum absolute atomic E-state index is 0.276. The smallest absolute Gasteiger partial charge is 0.251 e. The van der Waals surface area contributed by atoms with E-state index in [4.69, 9.17) is 20.6 Å². The molecule has 1 heterocycles. The molecule has 0 aliphatic heterocycles. The summed E-state index contributed by atoms with van der Waals surface area (Å²) in [6.07, 6.45) is 8.01. The monoisotopic (exact) mass is 330 g/mol. The van der Waals surface area contributed by atoms with Gasteiger partial charge in [0.25, 0.3) is 5.89 Å². The first-order valence-electron chi connectivity index (χ1n) is 7.26. The molecule has 1 aromatic carbocycles. The second kappa shape index (κ2) is 7.96. The number of nitrogen functional groups attached to an aromatic ring is 2. The molecule has 4 N–H and O–H groups in total. The van der Waals surface area contributed by atoms with Crippen molar-refractivity contribution in [1.29, 1.82) is 0 Å². The molecule has 0 atom stereocenters. The first-order valence-corrected chi connectivity index (χ1v) is 7.26. The van der Waals surface area contributed by atoms with E-state index >= 15 is 0 Å². The van der Waals surface area contributed by atoms with Crippen LogP contribution in [0.15, 0.2) is 52.8 Å². The number of rotatable bonds is 6. The molecule has 6 nitrogen and oxygen atoms in total. The van der Waals surface area contributed by atoms with Crippen LogP contribution in [0.1, 0.15) is 12.8 Å². The van der Waals surface area contributed by atoms with Crippen molar-refractivity contribution in [2.45, 2.75) is 13.3 Å². The Balaban J connectivity index is 2.16. The highest BCUT2D eigenvalue weighted by molar-refractivity contribution is 5.81. The second-order valence-electron chi connectivity index (χ2n) is 4.83. The Bertz CT molecular complexity index is 794. The van der Waals surface area contributed by atoms with E-state index in [0.717, 1.165) is 0 Å². The van der Waals surface area contributed by atoms with E-state index in [2.05, 4.69) is 10.2 Å². The van der Waals surface area contributed by atoms with Crippen molar-refractivity contribution in [3.05, 3.63) is 54.2 Å². The second-order valence-corrected chi connectivity index (χ2v) is 4.83. The summed E-state index contributed by atoms with van der Waals surface area (Å²) in [4.78, 5) is 0. The van der Waals surface area contributed by atoms with Gasteiger partial charge in [-0.3, -0.25) is 0 Å². The number of aromatic nitrogens is 2. The lowest BCUT2D eigenvalue weighted by molar-refractivity contribution is 0.416. The van der Waals surface area contributed by atoms with Gasteiger partial charge in [-0.2, -0.15) is 0 Å². The summed E-state index contributed by atoms with van der Waals surface area (Å²) in [5.74, 6) is 0.718.